The van der Waals surface area contributed by atoms with Gasteiger partial charge in [0.1, 0.15) is 6.26 Å². The zero-order valence-electron chi connectivity index (χ0n) is 21.3. The largest absolute Gasteiger partial charge is 0.444 e. The lowest BCUT2D eigenvalue weighted by Gasteiger charge is -2.24. The van der Waals surface area contributed by atoms with E-state index in [0.717, 1.165) is 60.3 Å². The number of hydrogen-bond acceptors (Lipinski definition) is 8. The minimum absolute atomic E-state index is 0. The minimum Gasteiger partial charge on any atom is -0.444 e. The number of hydrogen-bond donors (Lipinski definition) is 3. The first-order chi connectivity index (χ1) is 18.0. The van der Waals surface area contributed by atoms with Crippen LogP contribution in [0.2, 0.25) is 0 Å². The lowest BCUT2D eigenvalue weighted by molar-refractivity contribution is 0.102. The molecule has 0 radical (unpaired) electrons. The molecule has 5 heterocycles. The molecule has 2 saturated heterocycles. The molecule has 0 unspecified atom stereocenters. The number of pyridine rings is 1. The van der Waals surface area contributed by atoms with Crippen LogP contribution in [-0.2, 0) is 6.54 Å². The van der Waals surface area contributed by atoms with Crippen molar-refractivity contribution in [3.05, 3.63) is 54.3 Å². The van der Waals surface area contributed by atoms with Crippen molar-refractivity contribution in [2.45, 2.75) is 38.8 Å². The Kier molecular flexibility index (Phi) is 7.64. The Balaban J connectivity index is 0.00000294. The molecule has 1 amide bonds. The van der Waals surface area contributed by atoms with Gasteiger partial charge in [0.05, 0.1) is 29.2 Å². The van der Waals surface area contributed by atoms with Crippen LogP contribution in [0.3, 0.4) is 0 Å². The minimum atomic E-state index is -0.385. The molecule has 2 aliphatic rings. The standard InChI is InChI=1S/C27H31N7O3.ClH/c1-17-10-19(4-8-29-17)27-32-23(16-37-27)26(36)31-22-12-24-20(11-25(22)33-9-5-21(35)15-33)13-30-34(24)14-18-2-6-28-7-3-18;/h4,8,10-13,16,18,21,28,35H,2-3,5-7,9,14-15H2,1H3,(H,31,36);1H/t21-;/m0./s1. The van der Waals surface area contributed by atoms with Gasteiger partial charge in [0, 0.05) is 42.5 Å². The second-order valence-electron chi connectivity index (χ2n) is 10.0. The van der Waals surface area contributed by atoms with Crippen LogP contribution in [0.4, 0.5) is 11.4 Å². The highest BCUT2D eigenvalue weighted by Gasteiger charge is 2.25. The topological polar surface area (TPSA) is 121 Å². The Bertz CT molecular complexity index is 1430. The highest BCUT2D eigenvalue weighted by molar-refractivity contribution is 6.06. The number of aliphatic hydroxyl groups is 1. The molecule has 2 aliphatic heterocycles. The summed E-state index contributed by atoms with van der Waals surface area (Å²) in [5, 5.41) is 22.3. The number of aryl methyl sites for hydroxylation is 1. The summed E-state index contributed by atoms with van der Waals surface area (Å²) in [6, 6.07) is 7.72. The molecule has 4 aromatic rings. The van der Waals surface area contributed by atoms with Crippen molar-refractivity contribution >= 4 is 40.6 Å². The maximum absolute atomic E-state index is 13.3. The molecule has 200 valence electrons. The molecule has 0 bridgehead atoms. The molecule has 0 saturated carbocycles. The monoisotopic (exact) mass is 537 g/mol. The number of aliphatic hydroxyl groups excluding tert-OH is 1. The number of carbonyl (C=O) groups is 1. The second kappa shape index (κ2) is 11.1. The van der Waals surface area contributed by atoms with Crippen LogP contribution in [0, 0.1) is 12.8 Å². The number of fused-ring (bicyclic) bond motifs is 1. The van der Waals surface area contributed by atoms with Gasteiger partial charge in [-0.05, 0) is 69.5 Å². The molecule has 2 fully saturated rings. The molecular weight excluding hydrogens is 506 g/mol. The first-order valence-corrected chi connectivity index (χ1v) is 12.9. The summed E-state index contributed by atoms with van der Waals surface area (Å²) in [6.07, 6.45) is 7.51. The smallest absolute Gasteiger partial charge is 0.277 e. The Hall–Kier alpha value is -3.47. The van der Waals surface area contributed by atoms with Gasteiger partial charge >= 0.3 is 0 Å². The average Bonchev–Trinajstić information content (AvgIpc) is 3.65. The van der Waals surface area contributed by atoms with E-state index in [1.807, 2.05) is 29.9 Å². The zero-order valence-corrected chi connectivity index (χ0v) is 22.1. The normalized spacial score (nSPS) is 18.1. The Morgan fingerprint density at radius 3 is 2.84 bits per heavy atom. The fourth-order valence-electron chi connectivity index (χ4n) is 5.27. The number of aromatic nitrogens is 4. The number of amides is 1. The van der Waals surface area contributed by atoms with Gasteiger partial charge in [0.2, 0.25) is 5.89 Å². The predicted molar refractivity (Wildman–Crippen MR) is 148 cm³/mol. The van der Waals surface area contributed by atoms with Gasteiger partial charge in [-0.2, -0.15) is 5.10 Å². The van der Waals surface area contributed by atoms with Crippen molar-refractivity contribution in [1.82, 2.24) is 25.1 Å². The zero-order chi connectivity index (χ0) is 25.4. The number of piperidine rings is 1. The van der Waals surface area contributed by atoms with E-state index in [1.54, 1.807) is 12.3 Å². The molecule has 0 aliphatic carbocycles. The summed E-state index contributed by atoms with van der Waals surface area (Å²) in [4.78, 5) is 24.0. The fraction of sp³-hybridized carbons (Fsp3) is 0.407. The van der Waals surface area contributed by atoms with Gasteiger partial charge < -0.3 is 25.1 Å². The number of oxazole rings is 1. The van der Waals surface area contributed by atoms with Crippen LogP contribution in [0.5, 0.6) is 0 Å². The maximum Gasteiger partial charge on any atom is 0.277 e. The summed E-state index contributed by atoms with van der Waals surface area (Å²) in [5.74, 6) is 0.584. The number of benzene rings is 1. The van der Waals surface area contributed by atoms with Crippen LogP contribution in [0.1, 0.15) is 35.4 Å². The van der Waals surface area contributed by atoms with E-state index in [2.05, 4.69) is 36.7 Å². The summed E-state index contributed by atoms with van der Waals surface area (Å²) in [7, 11) is 0. The van der Waals surface area contributed by atoms with Gasteiger partial charge in [-0.1, -0.05) is 0 Å². The number of nitrogens with zero attached hydrogens (tertiary/aromatic N) is 5. The summed E-state index contributed by atoms with van der Waals surface area (Å²) in [5.41, 5.74) is 4.32. The van der Waals surface area contributed by atoms with E-state index in [-0.39, 0.29) is 30.1 Å². The number of nitrogens with one attached hydrogen (secondary N) is 2. The third-order valence-corrected chi connectivity index (χ3v) is 7.28. The number of rotatable bonds is 6. The molecule has 0 spiro atoms. The van der Waals surface area contributed by atoms with E-state index < -0.39 is 0 Å². The summed E-state index contributed by atoms with van der Waals surface area (Å²) in [6.45, 7) is 6.04. The lowest BCUT2D eigenvalue weighted by atomic mass is 9.98. The van der Waals surface area contributed by atoms with Crippen LogP contribution in [-0.4, -0.2) is 63.0 Å². The van der Waals surface area contributed by atoms with Crippen LogP contribution in [0.15, 0.2) is 47.3 Å². The van der Waals surface area contributed by atoms with E-state index in [1.165, 1.54) is 6.26 Å². The van der Waals surface area contributed by atoms with Crippen molar-refractivity contribution in [2.75, 3.05) is 36.4 Å². The van der Waals surface area contributed by atoms with Crippen LogP contribution >= 0.6 is 12.4 Å². The van der Waals surface area contributed by atoms with Gasteiger partial charge in [-0.3, -0.25) is 14.5 Å². The van der Waals surface area contributed by atoms with Gasteiger partial charge in [-0.25, -0.2) is 4.98 Å². The molecule has 1 aromatic carbocycles. The Morgan fingerprint density at radius 2 is 2.08 bits per heavy atom. The maximum atomic E-state index is 13.3. The van der Waals surface area contributed by atoms with E-state index in [4.69, 9.17) is 4.42 Å². The Labute approximate surface area is 226 Å². The predicted octanol–water partition coefficient (Wildman–Crippen LogP) is 3.64. The first kappa shape index (κ1) is 26.1. The molecule has 38 heavy (non-hydrogen) atoms. The third-order valence-electron chi connectivity index (χ3n) is 7.28. The Morgan fingerprint density at radius 1 is 1.24 bits per heavy atom. The molecule has 3 aromatic heterocycles. The highest BCUT2D eigenvalue weighted by Crippen LogP contribution is 2.34. The number of halogens is 1. The summed E-state index contributed by atoms with van der Waals surface area (Å²) < 4.78 is 7.65. The number of β-amino-alcohol motifs (C(OH)–C–C–N with tert-alkyl or cyclic N) is 1. The van der Waals surface area contributed by atoms with Gasteiger partial charge in [0.25, 0.3) is 5.91 Å². The first-order valence-electron chi connectivity index (χ1n) is 12.9. The van der Waals surface area contributed by atoms with Crippen molar-refractivity contribution in [2.24, 2.45) is 5.92 Å². The molecule has 10 nitrogen and oxygen atoms in total. The highest BCUT2D eigenvalue weighted by atomic mass is 35.5. The van der Waals surface area contributed by atoms with Gasteiger partial charge in [0.15, 0.2) is 5.69 Å². The van der Waals surface area contributed by atoms with Gasteiger partial charge in [-0.15, -0.1) is 12.4 Å². The van der Waals surface area contributed by atoms with Crippen LogP contribution < -0.4 is 15.5 Å². The van der Waals surface area contributed by atoms with Crippen LogP contribution in [0.25, 0.3) is 22.4 Å². The average molecular weight is 538 g/mol. The van der Waals surface area contributed by atoms with Crippen molar-refractivity contribution in [1.29, 1.82) is 0 Å². The third kappa shape index (κ3) is 5.38. The van der Waals surface area contributed by atoms with E-state index in [9.17, 15) is 9.90 Å². The molecular formula is C27H32ClN7O3. The number of anilines is 2. The second-order valence-corrected chi connectivity index (χ2v) is 10.0. The number of carbonyl (C=O) groups excluding carboxylic acids is 1. The summed E-state index contributed by atoms with van der Waals surface area (Å²) >= 11 is 0. The van der Waals surface area contributed by atoms with Crippen molar-refractivity contribution in [3.63, 3.8) is 0 Å². The van der Waals surface area contributed by atoms with Crippen molar-refractivity contribution in [3.8, 4) is 11.5 Å². The molecule has 1 atom stereocenters. The molecule has 6 rings (SSSR count). The lowest BCUT2D eigenvalue weighted by Crippen LogP contribution is -2.30. The molecule has 3 N–H and O–H groups in total. The fourth-order valence-corrected chi connectivity index (χ4v) is 5.27. The quantitative estimate of drug-likeness (QED) is 0.341. The van der Waals surface area contributed by atoms with E-state index >= 15 is 0 Å². The van der Waals surface area contributed by atoms with E-state index in [0.29, 0.717) is 37.0 Å². The SMILES string of the molecule is Cc1cc(-c2nc(C(=O)Nc3cc4c(cnn4CC4CCNCC4)cc3N3CC[C@H](O)C3)co2)ccn1.Cl. The van der Waals surface area contributed by atoms with Crippen molar-refractivity contribution < 1.29 is 14.3 Å². The molecule has 11 heteroatoms.